The van der Waals surface area contributed by atoms with Gasteiger partial charge < -0.3 is 14.7 Å². The molecule has 5 heteroatoms. The van der Waals surface area contributed by atoms with Gasteiger partial charge in [-0.15, -0.1) is 11.8 Å². The van der Waals surface area contributed by atoms with Crippen LogP contribution in [0.2, 0.25) is 0 Å². The molecule has 1 atom stereocenters. The van der Waals surface area contributed by atoms with Gasteiger partial charge in [0, 0.05) is 44.2 Å². The Morgan fingerprint density at radius 3 is 2.48 bits per heavy atom. The van der Waals surface area contributed by atoms with Crippen molar-refractivity contribution in [1.82, 2.24) is 4.90 Å². The molecular formula is C18H30N2O2S. The lowest BCUT2D eigenvalue weighted by Crippen LogP contribution is -2.49. The van der Waals surface area contributed by atoms with Crippen molar-refractivity contribution >= 4 is 17.4 Å². The molecule has 1 unspecified atom stereocenters. The monoisotopic (exact) mass is 338 g/mol. The second kappa shape index (κ2) is 9.52. The number of nitrogens with zero attached hydrogens (tertiary/aromatic N) is 2. The number of β-amino-alcohol motifs (C(OH)–C–C–N with tert-alkyl or cyclic N) is 1. The summed E-state index contributed by atoms with van der Waals surface area (Å²) < 4.78 is 5.53. The Bertz CT molecular complexity index is 462. The molecule has 1 N–H and O–H groups in total. The van der Waals surface area contributed by atoms with E-state index < -0.39 is 6.10 Å². The van der Waals surface area contributed by atoms with Gasteiger partial charge in [0.1, 0.15) is 0 Å². The van der Waals surface area contributed by atoms with Gasteiger partial charge in [-0.3, -0.25) is 4.90 Å². The SMILES string of the molecule is CSc1ccccc1N1CCN(CC(O)COCC(C)C)CC1. The zero-order valence-electron chi connectivity index (χ0n) is 14.6. The van der Waals surface area contributed by atoms with Gasteiger partial charge in [-0.05, 0) is 24.3 Å². The zero-order chi connectivity index (χ0) is 16.7. The molecule has 1 fully saturated rings. The van der Waals surface area contributed by atoms with Crippen LogP contribution in [0.15, 0.2) is 29.2 Å². The van der Waals surface area contributed by atoms with Crippen molar-refractivity contribution in [1.29, 1.82) is 0 Å². The molecule has 1 heterocycles. The maximum atomic E-state index is 10.1. The number of para-hydroxylation sites is 1. The third-order valence-corrected chi connectivity index (χ3v) is 4.81. The minimum absolute atomic E-state index is 0.390. The van der Waals surface area contributed by atoms with E-state index in [1.807, 2.05) is 0 Å². The summed E-state index contributed by atoms with van der Waals surface area (Å²) in [7, 11) is 0. The average molecular weight is 339 g/mol. The number of thioether (sulfide) groups is 1. The fourth-order valence-electron chi connectivity index (χ4n) is 2.85. The lowest BCUT2D eigenvalue weighted by molar-refractivity contribution is 0.00746. The van der Waals surface area contributed by atoms with Crippen LogP contribution in [0.25, 0.3) is 0 Å². The quantitative estimate of drug-likeness (QED) is 0.737. The molecule has 130 valence electrons. The van der Waals surface area contributed by atoms with Crippen LogP contribution in [0, 0.1) is 5.92 Å². The Morgan fingerprint density at radius 1 is 1.13 bits per heavy atom. The molecule has 0 saturated carbocycles. The van der Waals surface area contributed by atoms with Gasteiger partial charge in [-0.2, -0.15) is 0 Å². The molecule has 0 bridgehead atoms. The van der Waals surface area contributed by atoms with E-state index in [0.717, 1.165) is 32.8 Å². The highest BCUT2D eigenvalue weighted by atomic mass is 32.2. The molecule has 1 aromatic rings. The molecule has 0 spiro atoms. The van der Waals surface area contributed by atoms with Gasteiger partial charge in [0.15, 0.2) is 0 Å². The first-order valence-corrected chi connectivity index (χ1v) is 9.68. The number of benzene rings is 1. The smallest absolute Gasteiger partial charge is 0.0900 e. The Kier molecular flexibility index (Phi) is 7.70. The molecule has 1 saturated heterocycles. The predicted octanol–water partition coefficient (Wildman–Crippen LogP) is 2.56. The number of hydrogen-bond donors (Lipinski definition) is 1. The van der Waals surface area contributed by atoms with Gasteiger partial charge in [0.05, 0.1) is 18.4 Å². The number of aliphatic hydroxyl groups is 1. The molecule has 0 amide bonds. The fourth-order valence-corrected chi connectivity index (χ4v) is 3.47. The van der Waals surface area contributed by atoms with E-state index in [1.54, 1.807) is 11.8 Å². The minimum atomic E-state index is -0.390. The number of anilines is 1. The van der Waals surface area contributed by atoms with Crippen LogP contribution < -0.4 is 4.90 Å². The molecule has 0 aliphatic carbocycles. The van der Waals surface area contributed by atoms with Crippen molar-refractivity contribution in [2.24, 2.45) is 5.92 Å². The summed E-state index contributed by atoms with van der Waals surface area (Å²) in [6.45, 7) is 10.1. The summed E-state index contributed by atoms with van der Waals surface area (Å²) in [6, 6.07) is 8.59. The maximum absolute atomic E-state index is 10.1. The molecule has 23 heavy (non-hydrogen) atoms. The van der Waals surface area contributed by atoms with Gasteiger partial charge in [0.2, 0.25) is 0 Å². The first-order chi connectivity index (χ1) is 11.1. The zero-order valence-corrected chi connectivity index (χ0v) is 15.4. The summed E-state index contributed by atoms with van der Waals surface area (Å²) in [4.78, 5) is 6.12. The Balaban J connectivity index is 1.75. The highest BCUT2D eigenvalue weighted by Crippen LogP contribution is 2.28. The van der Waals surface area contributed by atoms with Crippen molar-refractivity contribution in [2.45, 2.75) is 24.8 Å². The van der Waals surface area contributed by atoms with Gasteiger partial charge >= 0.3 is 0 Å². The number of ether oxygens (including phenoxy) is 1. The van der Waals surface area contributed by atoms with Crippen LogP contribution in [-0.4, -0.2) is 68.3 Å². The molecule has 1 aliphatic rings. The molecule has 1 aliphatic heterocycles. The van der Waals surface area contributed by atoms with Crippen LogP contribution in [0.1, 0.15) is 13.8 Å². The Hall–Kier alpha value is -0.750. The number of piperazine rings is 1. The average Bonchev–Trinajstić information content (AvgIpc) is 2.55. The van der Waals surface area contributed by atoms with Crippen molar-refractivity contribution in [2.75, 3.05) is 57.1 Å². The highest BCUT2D eigenvalue weighted by molar-refractivity contribution is 7.98. The molecule has 2 rings (SSSR count). The topological polar surface area (TPSA) is 35.9 Å². The standard InChI is InChI=1S/C18H30N2O2S/c1-15(2)13-22-14-16(21)12-19-8-10-20(11-9-19)17-6-4-5-7-18(17)23-3/h4-7,15-16,21H,8-14H2,1-3H3. The summed E-state index contributed by atoms with van der Waals surface area (Å²) in [5, 5.41) is 10.1. The Labute approximate surface area is 144 Å². The molecule has 0 radical (unpaired) electrons. The summed E-state index contributed by atoms with van der Waals surface area (Å²) in [6.07, 6.45) is 1.74. The maximum Gasteiger partial charge on any atom is 0.0900 e. The first kappa shape index (κ1) is 18.6. The Morgan fingerprint density at radius 2 is 1.83 bits per heavy atom. The van der Waals surface area contributed by atoms with E-state index in [9.17, 15) is 5.11 Å². The van der Waals surface area contributed by atoms with Crippen molar-refractivity contribution in [3.63, 3.8) is 0 Å². The minimum Gasteiger partial charge on any atom is -0.389 e. The van der Waals surface area contributed by atoms with Crippen LogP contribution in [0.4, 0.5) is 5.69 Å². The van der Waals surface area contributed by atoms with Crippen molar-refractivity contribution in [3.05, 3.63) is 24.3 Å². The number of hydrogen-bond acceptors (Lipinski definition) is 5. The summed E-state index contributed by atoms with van der Waals surface area (Å²) >= 11 is 1.80. The molecule has 1 aromatic carbocycles. The first-order valence-electron chi connectivity index (χ1n) is 8.46. The highest BCUT2D eigenvalue weighted by Gasteiger charge is 2.20. The second-order valence-electron chi connectivity index (χ2n) is 6.54. The summed E-state index contributed by atoms with van der Waals surface area (Å²) in [5.74, 6) is 0.516. The van der Waals surface area contributed by atoms with Crippen LogP contribution in [0.5, 0.6) is 0 Å². The normalized spacial score (nSPS) is 17.7. The van der Waals surface area contributed by atoms with E-state index in [0.29, 0.717) is 19.1 Å². The van der Waals surface area contributed by atoms with Crippen molar-refractivity contribution in [3.8, 4) is 0 Å². The van der Waals surface area contributed by atoms with E-state index >= 15 is 0 Å². The van der Waals surface area contributed by atoms with Gasteiger partial charge in [0.25, 0.3) is 0 Å². The van der Waals surface area contributed by atoms with Crippen LogP contribution >= 0.6 is 11.8 Å². The van der Waals surface area contributed by atoms with E-state index in [2.05, 4.69) is 54.2 Å². The van der Waals surface area contributed by atoms with Gasteiger partial charge in [-0.25, -0.2) is 0 Å². The largest absolute Gasteiger partial charge is 0.389 e. The van der Waals surface area contributed by atoms with E-state index in [4.69, 9.17) is 4.74 Å². The lowest BCUT2D eigenvalue weighted by Gasteiger charge is -2.37. The predicted molar refractivity (Wildman–Crippen MR) is 98.5 cm³/mol. The summed E-state index contributed by atoms with van der Waals surface area (Å²) in [5.41, 5.74) is 1.33. The number of rotatable bonds is 8. The molecule has 4 nitrogen and oxygen atoms in total. The molecule has 0 aromatic heterocycles. The van der Waals surface area contributed by atoms with E-state index in [1.165, 1.54) is 10.6 Å². The lowest BCUT2D eigenvalue weighted by atomic mass is 10.2. The van der Waals surface area contributed by atoms with Crippen molar-refractivity contribution < 1.29 is 9.84 Å². The second-order valence-corrected chi connectivity index (χ2v) is 7.39. The number of aliphatic hydroxyl groups excluding tert-OH is 1. The van der Waals surface area contributed by atoms with Crippen LogP contribution in [-0.2, 0) is 4.74 Å². The van der Waals surface area contributed by atoms with Gasteiger partial charge in [-0.1, -0.05) is 26.0 Å². The fraction of sp³-hybridized carbons (Fsp3) is 0.667. The third kappa shape index (κ3) is 5.99. The van der Waals surface area contributed by atoms with Crippen LogP contribution in [0.3, 0.4) is 0 Å². The van der Waals surface area contributed by atoms with E-state index in [-0.39, 0.29) is 0 Å². The molecular weight excluding hydrogens is 308 g/mol. The third-order valence-electron chi connectivity index (χ3n) is 4.03.